The molecule has 0 aromatic carbocycles. The van der Waals surface area contributed by atoms with Gasteiger partial charge in [-0.05, 0) is 6.92 Å². The third kappa shape index (κ3) is 2.39. The molecule has 2 aromatic rings. The van der Waals surface area contributed by atoms with Crippen LogP contribution in [0.15, 0.2) is 17.1 Å². The van der Waals surface area contributed by atoms with Crippen molar-refractivity contribution in [3.63, 3.8) is 0 Å². The van der Waals surface area contributed by atoms with Crippen molar-refractivity contribution in [1.82, 2.24) is 15.0 Å². The molecule has 88 valence electrons. The molecule has 0 fully saturated rings. The number of carbonyl (C=O) groups is 1. The van der Waals surface area contributed by atoms with Crippen LogP contribution in [0.3, 0.4) is 0 Å². The number of hydrogen-bond donors (Lipinski definition) is 1. The molecular formula is C10H10N4O2S. The van der Waals surface area contributed by atoms with Gasteiger partial charge in [-0.3, -0.25) is 0 Å². The fourth-order valence-electron chi connectivity index (χ4n) is 1.21. The molecule has 0 atom stereocenters. The highest BCUT2D eigenvalue weighted by Crippen LogP contribution is 2.17. The molecule has 7 heteroatoms. The zero-order valence-corrected chi connectivity index (χ0v) is 9.90. The number of thiazole rings is 1. The minimum Gasteiger partial charge on any atom is -0.462 e. The first kappa shape index (κ1) is 11.5. The predicted molar refractivity (Wildman–Crippen MR) is 63.5 cm³/mol. The summed E-state index contributed by atoms with van der Waals surface area (Å²) in [6.07, 6.45) is 1.36. The lowest BCUT2D eigenvalue weighted by molar-refractivity contribution is 0.0527. The molecule has 0 saturated heterocycles. The van der Waals surface area contributed by atoms with E-state index < -0.39 is 5.97 Å². The average Bonchev–Trinajstić information content (AvgIpc) is 2.82. The second kappa shape index (κ2) is 4.88. The molecule has 0 amide bonds. The molecular weight excluding hydrogens is 240 g/mol. The standard InChI is InChI=1S/C10H10N4O2S/c1-2-16-10(15)6-3-12-9(14-8(6)11)7-4-17-5-13-7/h3-5H,2H2,1H3,(H2,11,12,14). The van der Waals surface area contributed by atoms with Crippen LogP contribution in [-0.2, 0) is 4.74 Å². The fourth-order valence-corrected chi connectivity index (χ4v) is 1.74. The molecule has 0 spiro atoms. The number of carbonyl (C=O) groups excluding carboxylic acids is 1. The molecule has 0 aliphatic heterocycles. The summed E-state index contributed by atoms with van der Waals surface area (Å²) in [5, 5.41) is 1.80. The van der Waals surface area contributed by atoms with Crippen molar-refractivity contribution in [3.05, 3.63) is 22.7 Å². The second-order valence-electron chi connectivity index (χ2n) is 3.09. The van der Waals surface area contributed by atoms with E-state index in [4.69, 9.17) is 10.5 Å². The van der Waals surface area contributed by atoms with Crippen molar-refractivity contribution in [2.75, 3.05) is 12.3 Å². The van der Waals surface area contributed by atoms with E-state index in [0.29, 0.717) is 11.5 Å². The van der Waals surface area contributed by atoms with Crippen molar-refractivity contribution in [2.45, 2.75) is 6.92 Å². The lowest BCUT2D eigenvalue weighted by atomic mass is 10.3. The predicted octanol–water partition coefficient (Wildman–Crippen LogP) is 1.36. The van der Waals surface area contributed by atoms with E-state index >= 15 is 0 Å². The van der Waals surface area contributed by atoms with Crippen LogP contribution < -0.4 is 5.73 Å². The maximum atomic E-state index is 11.5. The van der Waals surface area contributed by atoms with Crippen LogP contribution in [0.2, 0.25) is 0 Å². The first-order valence-corrected chi connectivity index (χ1v) is 5.85. The molecule has 0 unspecified atom stereocenters. The smallest absolute Gasteiger partial charge is 0.343 e. The molecule has 0 saturated carbocycles. The van der Waals surface area contributed by atoms with Gasteiger partial charge in [-0.25, -0.2) is 19.7 Å². The van der Waals surface area contributed by atoms with Gasteiger partial charge in [-0.1, -0.05) is 0 Å². The first-order valence-electron chi connectivity index (χ1n) is 4.90. The van der Waals surface area contributed by atoms with Gasteiger partial charge in [0.25, 0.3) is 0 Å². The maximum absolute atomic E-state index is 11.5. The van der Waals surface area contributed by atoms with Gasteiger partial charge < -0.3 is 10.5 Å². The summed E-state index contributed by atoms with van der Waals surface area (Å²) in [6.45, 7) is 2.00. The van der Waals surface area contributed by atoms with Gasteiger partial charge in [-0.15, -0.1) is 11.3 Å². The third-order valence-electron chi connectivity index (χ3n) is 1.98. The number of esters is 1. The summed E-state index contributed by atoms with van der Waals surface area (Å²) in [5.74, 6) is -0.0203. The number of aromatic nitrogens is 3. The number of nitrogens with two attached hydrogens (primary N) is 1. The Morgan fingerprint density at radius 1 is 1.53 bits per heavy atom. The van der Waals surface area contributed by atoms with Gasteiger partial charge in [0.2, 0.25) is 0 Å². The highest BCUT2D eigenvalue weighted by Gasteiger charge is 2.14. The second-order valence-corrected chi connectivity index (χ2v) is 3.81. The zero-order valence-electron chi connectivity index (χ0n) is 9.08. The van der Waals surface area contributed by atoms with Gasteiger partial charge in [0.1, 0.15) is 17.1 Å². The van der Waals surface area contributed by atoms with E-state index in [-0.39, 0.29) is 18.0 Å². The summed E-state index contributed by atoms with van der Waals surface area (Å²) in [6, 6.07) is 0. The monoisotopic (exact) mass is 250 g/mol. The quantitative estimate of drug-likeness (QED) is 0.827. The van der Waals surface area contributed by atoms with Crippen LogP contribution in [-0.4, -0.2) is 27.5 Å². The number of nitrogens with zero attached hydrogens (tertiary/aromatic N) is 3. The Morgan fingerprint density at radius 3 is 2.94 bits per heavy atom. The van der Waals surface area contributed by atoms with Crippen molar-refractivity contribution >= 4 is 23.1 Å². The lowest BCUT2D eigenvalue weighted by Gasteiger charge is -2.04. The highest BCUT2D eigenvalue weighted by atomic mass is 32.1. The number of anilines is 1. The van der Waals surface area contributed by atoms with Crippen LogP contribution in [0.4, 0.5) is 5.82 Å². The molecule has 2 aromatic heterocycles. The third-order valence-corrected chi connectivity index (χ3v) is 2.56. The highest BCUT2D eigenvalue weighted by molar-refractivity contribution is 7.07. The van der Waals surface area contributed by atoms with Gasteiger partial charge in [0.05, 0.1) is 12.1 Å². The van der Waals surface area contributed by atoms with E-state index in [1.54, 1.807) is 17.8 Å². The minimum atomic E-state index is -0.519. The van der Waals surface area contributed by atoms with Gasteiger partial charge in [0.15, 0.2) is 5.82 Å². The topological polar surface area (TPSA) is 91.0 Å². The van der Waals surface area contributed by atoms with Crippen LogP contribution in [0.1, 0.15) is 17.3 Å². The summed E-state index contributed by atoms with van der Waals surface area (Å²) in [7, 11) is 0. The molecule has 6 nitrogen and oxygen atoms in total. The number of ether oxygens (including phenoxy) is 1. The van der Waals surface area contributed by atoms with E-state index in [0.717, 1.165) is 0 Å². The van der Waals surface area contributed by atoms with E-state index in [2.05, 4.69) is 15.0 Å². The molecule has 0 radical (unpaired) electrons. The number of hydrogen-bond acceptors (Lipinski definition) is 7. The Kier molecular flexibility index (Phi) is 3.29. The molecule has 2 rings (SSSR count). The van der Waals surface area contributed by atoms with Crippen LogP contribution in [0.5, 0.6) is 0 Å². The van der Waals surface area contributed by atoms with Crippen molar-refractivity contribution < 1.29 is 9.53 Å². The maximum Gasteiger partial charge on any atom is 0.343 e. The van der Waals surface area contributed by atoms with Gasteiger partial charge >= 0.3 is 5.97 Å². The SMILES string of the molecule is CCOC(=O)c1cnc(-c2cscn2)nc1N. The van der Waals surface area contributed by atoms with Crippen LogP contribution in [0, 0.1) is 0 Å². The summed E-state index contributed by atoms with van der Waals surface area (Å²) in [4.78, 5) is 23.6. The number of nitrogen functional groups attached to an aromatic ring is 1. The van der Waals surface area contributed by atoms with Crippen LogP contribution in [0.25, 0.3) is 11.5 Å². The normalized spacial score (nSPS) is 10.2. The van der Waals surface area contributed by atoms with Gasteiger partial charge in [0, 0.05) is 11.6 Å². The lowest BCUT2D eigenvalue weighted by Crippen LogP contribution is -2.10. The minimum absolute atomic E-state index is 0.0986. The largest absolute Gasteiger partial charge is 0.462 e. The molecule has 0 bridgehead atoms. The zero-order chi connectivity index (χ0) is 12.3. The van der Waals surface area contributed by atoms with E-state index in [9.17, 15) is 4.79 Å². The van der Waals surface area contributed by atoms with Crippen molar-refractivity contribution in [2.24, 2.45) is 0 Å². The molecule has 17 heavy (non-hydrogen) atoms. The Bertz CT molecular complexity index is 527. The Balaban J connectivity index is 2.32. The Labute approximate surface area is 101 Å². The molecule has 2 N–H and O–H groups in total. The van der Waals surface area contributed by atoms with Gasteiger partial charge in [-0.2, -0.15) is 0 Å². The van der Waals surface area contributed by atoms with Crippen molar-refractivity contribution in [1.29, 1.82) is 0 Å². The van der Waals surface area contributed by atoms with Crippen LogP contribution >= 0.6 is 11.3 Å². The average molecular weight is 250 g/mol. The summed E-state index contributed by atoms with van der Waals surface area (Å²) >= 11 is 1.44. The van der Waals surface area contributed by atoms with E-state index in [1.165, 1.54) is 17.5 Å². The van der Waals surface area contributed by atoms with Crippen molar-refractivity contribution in [3.8, 4) is 11.5 Å². The summed E-state index contributed by atoms with van der Waals surface area (Å²) < 4.78 is 4.83. The first-order chi connectivity index (χ1) is 8.22. The molecule has 2 heterocycles. The Hall–Kier alpha value is -2.02. The summed E-state index contributed by atoms with van der Waals surface area (Å²) in [5.41, 5.74) is 8.17. The Morgan fingerprint density at radius 2 is 2.35 bits per heavy atom. The molecule has 0 aliphatic rings. The number of rotatable bonds is 3. The molecule has 0 aliphatic carbocycles. The van der Waals surface area contributed by atoms with E-state index in [1.807, 2.05) is 0 Å². The fraction of sp³-hybridized carbons (Fsp3) is 0.200.